The lowest BCUT2D eigenvalue weighted by Crippen LogP contribution is -2.35. The highest BCUT2D eigenvalue weighted by atomic mass is 16.4. The second-order valence-electron chi connectivity index (χ2n) is 5.03. The minimum atomic E-state index is -0.939. The molecule has 0 saturated heterocycles. The first kappa shape index (κ1) is 17.9. The lowest BCUT2D eigenvalue weighted by atomic mass is 10.1. The number of unbranched alkanes of at least 4 members (excludes halogenated alkanes) is 7. The molecule has 0 aromatic heterocycles. The average molecular weight is 271 g/mol. The maximum absolute atomic E-state index is 11.7. The van der Waals surface area contributed by atoms with Crippen molar-refractivity contribution in [3.05, 3.63) is 0 Å². The lowest BCUT2D eigenvalue weighted by Gasteiger charge is -2.18. The number of aliphatic carboxylic acids is 1. The van der Waals surface area contributed by atoms with Crippen LogP contribution in [0.2, 0.25) is 0 Å². The highest BCUT2D eigenvalue weighted by Crippen LogP contribution is 2.10. The lowest BCUT2D eigenvalue weighted by molar-refractivity contribution is -0.144. The summed E-state index contributed by atoms with van der Waals surface area (Å²) in [6.07, 6.45) is 10.1. The van der Waals surface area contributed by atoms with Gasteiger partial charge in [-0.05, 0) is 13.3 Å². The van der Waals surface area contributed by atoms with Gasteiger partial charge in [-0.25, -0.2) is 0 Å². The van der Waals surface area contributed by atoms with Crippen LogP contribution in [0.3, 0.4) is 0 Å². The van der Waals surface area contributed by atoms with E-state index in [-0.39, 0.29) is 12.5 Å². The molecule has 0 rings (SSSR count). The van der Waals surface area contributed by atoms with Crippen molar-refractivity contribution in [3.63, 3.8) is 0 Å². The molecule has 0 aliphatic carbocycles. The Morgan fingerprint density at radius 1 is 0.895 bits per heavy atom. The van der Waals surface area contributed by atoms with Gasteiger partial charge in [-0.15, -0.1) is 0 Å². The van der Waals surface area contributed by atoms with E-state index in [1.54, 1.807) is 0 Å². The minimum absolute atomic E-state index is 0.0316. The van der Waals surface area contributed by atoms with Crippen LogP contribution in [0.15, 0.2) is 0 Å². The Morgan fingerprint density at radius 3 is 1.89 bits per heavy atom. The molecule has 0 spiro atoms. The maximum Gasteiger partial charge on any atom is 0.323 e. The third kappa shape index (κ3) is 10.5. The predicted octanol–water partition coefficient (Wildman–Crippen LogP) is 3.45. The highest BCUT2D eigenvalue weighted by molar-refractivity contribution is 5.81. The highest BCUT2D eigenvalue weighted by Gasteiger charge is 2.13. The number of likely N-dealkylation sites (N-methyl/N-ethyl adjacent to an activating group) is 1. The van der Waals surface area contributed by atoms with Crippen molar-refractivity contribution < 1.29 is 14.7 Å². The van der Waals surface area contributed by atoms with Gasteiger partial charge in [-0.2, -0.15) is 0 Å². The summed E-state index contributed by atoms with van der Waals surface area (Å²) in [5.74, 6) is -0.970. The van der Waals surface area contributed by atoms with Gasteiger partial charge in [-0.1, -0.05) is 51.9 Å². The Labute approximate surface area is 117 Å². The largest absolute Gasteiger partial charge is 0.480 e. The summed E-state index contributed by atoms with van der Waals surface area (Å²) in [5.41, 5.74) is 0. The third-order valence-electron chi connectivity index (χ3n) is 3.30. The van der Waals surface area contributed by atoms with Crippen LogP contribution >= 0.6 is 0 Å². The Bertz CT molecular complexity index is 254. The summed E-state index contributed by atoms with van der Waals surface area (Å²) < 4.78 is 0. The summed E-state index contributed by atoms with van der Waals surface area (Å²) in [5, 5.41) is 8.68. The molecule has 0 aliphatic rings. The van der Waals surface area contributed by atoms with E-state index in [4.69, 9.17) is 5.11 Å². The van der Waals surface area contributed by atoms with E-state index < -0.39 is 5.97 Å². The second-order valence-corrected chi connectivity index (χ2v) is 5.03. The van der Waals surface area contributed by atoms with Gasteiger partial charge in [-0.3, -0.25) is 9.59 Å². The molecule has 0 aromatic rings. The number of carbonyl (C=O) groups is 2. The van der Waals surface area contributed by atoms with Crippen LogP contribution in [0, 0.1) is 0 Å². The van der Waals surface area contributed by atoms with Crippen LogP contribution in [0.1, 0.15) is 71.6 Å². The number of nitrogens with zero attached hydrogens (tertiary/aromatic N) is 1. The molecule has 0 saturated carbocycles. The molecule has 112 valence electrons. The molecule has 0 fully saturated rings. The van der Waals surface area contributed by atoms with E-state index in [0.29, 0.717) is 13.0 Å². The Balaban J connectivity index is 3.53. The van der Waals surface area contributed by atoms with Crippen molar-refractivity contribution in [2.75, 3.05) is 13.1 Å². The fourth-order valence-electron chi connectivity index (χ4n) is 2.11. The van der Waals surface area contributed by atoms with E-state index in [1.165, 1.54) is 43.4 Å². The van der Waals surface area contributed by atoms with Gasteiger partial charge in [0.05, 0.1) is 0 Å². The van der Waals surface area contributed by atoms with Crippen LogP contribution in [0.25, 0.3) is 0 Å². The Kier molecular flexibility index (Phi) is 11.3. The summed E-state index contributed by atoms with van der Waals surface area (Å²) >= 11 is 0. The number of carboxylic acids is 1. The molecular weight excluding hydrogens is 242 g/mol. The van der Waals surface area contributed by atoms with E-state index >= 15 is 0 Å². The average Bonchev–Trinajstić information content (AvgIpc) is 2.38. The number of carbonyl (C=O) groups excluding carboxylic acids is 1. The van der Waals surface area contributed by atoms with Crippen LogP contribution in [0.5, 0.6) is 0 Å². The van der Waals surface area contributed by atoms with Crippen LogP contribution in [0.4, 0.5) is 0 Å². The molecule has 0 aliphatic heterocycles. The zero-order valence-corrected chi connectivity index (χ0v) is 12.5. The Morgan fingerprint density at radius 2 is 1.42 bits per heavy atom. The van der Waals surface area contributed by atoms with E-state index in [0.717, 1.165) is 12.8 Å². The van der Waals surface area contributed by atoms with Crippen molar-refractivity contribution in [3.8, 4) is 0 Å². The molecule has 0 heterocycles. The first-order chi connectivity index (χ1) is 9.11. The first-order valence-corrected chi connectivity index (χ1v) is 7.61. The summed E-state index contributed by atoms with van der Waals surface area (Å²) in [6, 6.07) is 0. The predicted molar refractivity (Wildman–Crippen MR) is 77.1 cm³/mol. The van der Waals surface area contributed by atoms with Gasteiger partial charge in [0.25, 0.3) is 0 Å². The van der Waals surface area contributed by atoms with E-state index in [9.17, 15) is 9.59 Å². The molecule has 1 amide bonds. The topological polar surface area (TPSA) is 57.6 Å². The molecule has 1 N–H and O–H groups in total. The van der Waals surface area contributed by atoms with Crippen molar-refractivity contribution in [2.45, 2.75) is 71.6 Å². The van der Waals surface area contributed by atoms with Crippen molar-refractivity contribution in [1.29, 1.82) is 0 Å². The molecular formula is C15H29NO3. The zero-order chi connectivity index (χ0) is 14.5. The molecule has 4 nitrogen and oxygen atoms in total. The van der Waals surface area contributed by atoms with Gasteiger partial charge in [0.1, 0.15) is 6.54 Å². The Hall–Kier alpha value is -1.06. The summed E-state index contributed by atoms with van der Waals surface area (Å²) in [7, 11) is 0. The van der Waals surface area contributed by atoms with Gasteiger partial charge in [0.2, 0.25) is 5.91 Å². The fraction of sp³-hybridized carbons (Fsp3) is 0.867. The summed E-state index contributed by atoms with van der Waals surface area (Å²) in [6.45, 7) is 4.32. The minimum Gasteiger partial charge on any atom is -0.480 e. The molecule has 0 bridgehead atoms. The number of rotatable bonds is 12. The van der Waals surface area contributed by atoms with Crippen molar-refractivity contribution in [1.82, 2.24) is 4.90 Å². The molecule has 4 heteroatoms. The van der Waals surface area contributed by atoms with Crippen LogP contribution in [-0.4, -0.2) is 35.0 Å². The first-order valence-electron chi connectivity index (χ1n) is 7.61. The molecule has 0 radical (unpaired) electrons. The number of hydrogen-bond donors (Lipinski definition) is 1. The molecule has 0 atom stereocenters. The summed E-state index contributed by atoms with van der Waals surface area (Å²) in [4.78, 5) is 23.7. The third-order valence-corrected chi connectivity index (χ3v) is 3.30. The van der Waals surface area contributed by atoms with Gasteiger partial charge < -0.3 is 10.0 Å². The van der Waals surface area contributed by atoms with Crippen LogP contribution < -0.4 is 0 Å². The second kappa shape index (κ2) is 12.0. The normalized spacial score (nSPS) is 10.4. The molecule has 0 unspecified atom stereocenters. The number of carboxylic acid groups (broad SMARTS) is 1. The fourth-order valence-corrected chi connectivity index (χ4v) is 2.11. The number of hydrogen-bond acceptors (Lipinski definition) is 2. The van der Waals surface area contributed by atoms with Crippen molar-refractivity contribution in [2.24, 2.45) is 0 Å². The monoisotopic (exact) mass is 271 g/mol. The SMILES string of the molecule is CCCCCCCCCCC(=O)N(CC)CC(=O)O. The molecule has 0 aromatic carbocycles. The maximum atomic E-state index is 11.7. The zero-order valence-electron chi connectivity index (χ0n) is 12.5. The smallest absolute Gasteiger partial charge is 0.323 e. The van der Waals surface area contributed by atoms with Gasteiger partial charge >= 0.3 is 5.97 Å². The number of amides is 1. The van der Waals surface area contributed by atoms with Crippen LogP contribution in [-0.2, 0) is 9.59 Å². The van der Waals surface area contributed by atoms with Gasteiger partial charge in [0.15, 0.2) is 0 Å². The van der Waals surface area contributed by atoms with E-state index in [1.807, 2.05) is 6.92 Å². The van der Waals surface area contributed by atoms with Gasteiger partial charge in [0, 0.05) is 13.0 Å². The van der Waals surface area contributed by atoms with Crippen molar-refractivity contribution >= 4 is 11.9 Å². The quantitative estimate of drug-likeness (QED) is 0.553. The van der Waals surface area contributed by atoms with E-state index in [2.05, 4.69) is 6.92 Å². The standard InChI is InChI=1S/C15H29NO3/c1-3-5-6-7-8-9-10-11-12-14(17)16(4-2)13-15(18)19/h3-13H2,1-2H3,(H,18,19). The molecule has 19 heavy (non-hydrogen) atoms.